The molecule has 0 saturated heterocycles. The Labute approximate surface area is 97.3 Å². The summed E-state index contributed by atoms with van der Waals surface area (Å²) in [6.07, 6.45) is 2.84. The lowest BCUT2D eigenvalue weighted by molar-refractivity contribution is -0.995. The number of rotatable bonds is 4. The molecular weight excluding hydrogens is 222 g/mol. The third-order valence-electron chi connectivity index (χ3n) is 2.32. The molecular formula is C11H11N3O3. The first kappa shape index (κ1) is 11.5. The number of nitrogens with one attached hydrogen (secondary N) is 1. The predicted molar refractivity (Wildman–Crippen MR) is 58.8 cm³/mol. The molecule has 0 aliphatic carbocycles. The van der Waals surface area contributed by atoms with Crippen molar-refractivity contribution in [1.29, 1.82) is 0 Å². The van der Waals surface area contributed by atoms with Gasteiger partial charge >= 0.3 is 5.95 Å². The Hall–Kier alpha value is -2.02. The third-order valence-corrected chi connectivity index (χ3v) is 2.32. The molecule has 0 spiro atoms. The maximum absolute atomic E-state index is 11.8. The number of aromatic nitrogens is 2. The summed E-state index contributed by atoms with van der Waals surface area (Å²) in [4.78, 5) is 15.5. The van der Waals surface area contributed by atoms with Gasteiger partial charge in [0.1, 0.15) is 0 Å². The van der Waals surface area contributed by atoms with Gasteiger partial charge in [0.05, 0.1) is 12.7 Å². The number of quaternary nitrogens is 1. The van der Waals surface area contributed by atoms with E-state index in [-0.39, 0.29) is 18.3 Å². The second-order valence-electron chi connectivity index (χ2n) is 3.47. The standard InChI is InChI=1S/C11H11N3O3/c15-10(9-4-2-1-3-5-9)8-13-7-6-12-11(13)14(16)17/h1-7,14,16H,8H2. The lowest BCUT2D eigenvalue weighted by Crippen LogP contribution is -3.00. The summed E-state index contributed by atoms with van der Waals surface area (Å²) in [6, 6.07) is 8.73. The van der Waals surface area contributed by atoms with Gasteiger partial charge < -0.3 is 5.21 Å². The van der Waals surface area contributed by atoms with E-state index in [1.54, 1.807) is 24.3 Å². The zero-order valence-corrected chi connectivity index (χ0v) is 8.91. The highest BCUT2D eigenvalue weighted by Crippen LogP contribution is 2.05. The molecule has 88 valence electrons. The minimum Gasteiger partial charge on any atom is -0.592 e. The van der Waals surface area contributed by atoms with Crippen LogP contribution in [0, 0.1) is 5.21 Å². The smallest absolute Gasteiger partial charge is 0.341 e. The lowest BCUT2D eigenvalue weighted by atomic mass is 10.1. The van der Waals surface area contributed by atoms with Crippen molar-refractivity contribution in [2.75, 3.05) is 0 Å². The molecule has 0 bridgehead atoms. The highest BCUT2D eigenvalue weighted by Gasteiger charge is 2.13. The van der Waals surface area contributed by atoms with Crippen LogP contribution in [-0.2, 0) is 6.54 Å². The summed E-state index contributed by atoms with van der Waals surface area (Å²) in [6.45, 7) is -0.0222. The molecule has 17 heavy (non-hydrogen) atoms. The average Bonchev–Trinajstić information content (AvgIpc) is 2.78. The molecule has 1 unspecified atom stereocenters. The van der Waals surface area contributed by atoms with Crippen LogP contribution >= 0.6 is 0 Å². The van der Waals surface area contributed by atoms with E-state index in [9.17, 15) is 10.0 Å². The molecule has 2 rings (SSSR count). The highest BCUT2D eigenvalue weighted by molar-refractivity contribution is 5.95. The second-order valence-corrected chi connectivity index (χ2v) is 3.47. The number of imidazole rings is 1. The zero-order chi connectivity index (χ0) is 12.3. The Balaban J connectivity index is 2.16. The minimum atomic E-state index is -1.14. The van der Waals surface area contributed by atoms with Gasteiger partial charge in [0.15, 0.2) is 5.78 Å². The summed E-state index contributed by atoms with van der Waals surface area (Å²) in [7, 11) is 0. The third kappa shape index (κ3) is 2.56. The van der Waals surface area contributed by atoms with Crippen molar-refractivity contribution in [3.05, 3.63) is 53.5 Å². The van der Waals surface area contributed by atoms with Crippen LogP contribution in [0.5, 0.6) is 0 Å². The van der Waals surface area contributed by atoms with E-state index in [0.29, 0.717) is 5.56 Å². The molecule has 0 saturated carbocycles. The fourth-order valence-electron chi connectivity index (χ4n) is 1.50. The van der Waals surface area contributed by atoms with Crippen molar-refractivity contribution in [3.63, 3.8) is 0 Å². The quantitative estimate of drug-likeness (QED) is 0.582. The molecule has 1 atom stereocenters. The molecule has 1 heterocycles. The molecule has 6 heteroatoms. The van der Waals surface area contributed by atoms with Crippen LogP contribution in [0.25, 0.3) is 0 Å². The van der Waals surface area contributed by atoms with Gasteiger partial charge in [-0.05, 0) is 0 Å². The lowest BCUT2D eigenvalue weighted by Gasteiger charge is -2.11. The van der Waals surface area contributed by atoms with Crippen LogP contribution in [0.3, 0.4) is 0 Å². The van der Waals surface area contributed by atoms with Gasteiger partial charge in [-0.3, -0.25) is 9.36 Å². The molecule has 2 N–H and O–H groups in total. The van der Waals surface area contributed by atoms with Crippen LogP contribution in [0.2, 0.25) is 0 Å². The van der Waals surface area contributed by atoms with Crippen LogP contribution < -0.4 is 5.23 Å². The molecule has 0 radical (unpaired) electrons. The van der Waals surface area contributed by atoms with E-state index >= 15 is 0 Å². The van der Waals surface area contributed by atoms with Crippen molar-refractivity contribution in [3.8, 4) is 0 Å². The summed E-state index contributed by atoms with van der Waals surface area (Å²) in [5, 5.41) is 18.5. The topological polar surface area (TPSA) is 82.6 Å². The van der Waals surface area contributed by atoms with E-state index < -0.39 is 5.23 Å². The van der Waals surface area contributed by atoms with Crippen LogP contribution in [-0.4, -0.2) is 20.5 Å². The number of carbonyl (C=O) groups is 1. The molecule has 1 aromatic heterocycles. The zero-order valence-electron chi connectivity index (χ0n) is 8.91. The maximum atomic E-state index is 11.8. The van der Waals surface area contributed by atoms with Gasteiger partial charge in [-0.25, -0.2) is 5.21 Å². The largest absolute Gasteiger partial charge is 0.592 e. The number of benzene rings is 1. The normalized spacial score (nSPS) is 12.4. The summed E-state index contributed by atoms with van der Waals surface area (Å²) < 4.78 is 1.32. The van der Waals surface area contributed by atoms with Gasteiger partial charge in [0.2, 0.25) is 0 Å². The number of hydrogen-bond donors (Lipinski definition) is 2. The number of nitrogens with zero attached hydrogens (tertiary/aromatic N) is 2. The first-order valence-electron chi connectivity index (χ1n) is 5.01. The molecule has 0 amide bonds. The molecule has 1 aromatic carbocycles. The number of ketones is 1. The average molecular weight is 233 g/mol. The Morgan fingerprint density at radius 1 is 1.41 bits per heavy atom. The number of Topliss-reactive ketones (excluding diaryl/α,β-unsaturated/α-hetero) is 1. The van der Waals surface area contributed by atoms with Gasteiger partial charge in [-0.15, -0.1) is 0 Å². The molecule has 6 nitrogen and oxygen atoms in total. The van der Waals surface area contributed by atoms with E-state index in [1.807, 2.05) is 6.07 Å². The fourth-order valence-corrected chi connectivity index (χ4v) is 1.50. The predicted octanol–water partition coefficient (Wildman–Crippen LogP) is 0.169. The summed E-state index contributed by atoms with van der Waals surface area (Å²) in [5.74, 6) is -0.277. The number of hydrogen-bond acceptors (Lipinski definition) is 4. The molecule has 0 aliphatic heterocycles. The first-order chi connectivity index (χ1) is 8.18. The summed E-state index contributed by atoms with van der Waals surface area (Å²) >= 11 is 0. The highest BCUT2D eigenvalue weighted by atomic mass is 16.8. The number of carbonyl (C=O) groups excluding carboxylic acids is 1. The van der Waals surface area contributed by atoms with E-state index in [0.717, 1.165) is 0 Å². The van der Waals surface area contributed by atoms with Crippen molar-refractivity contribution in [2.45, 2.75) is 6.54 Å². The van der Waals surface area contributed by atoms with Crippen LogP contribution in [0.1, 0.15) is 10.4 Å². The van der Waals surface area contributed by atoms with Gasteiger partial charge in [0, 0.05) is 11.8 Å². The fraction of sp³-hybridized carbons (Fsp3) is 0.0909. The van der Waals surface area contributed by atoms with Crippen molar-refractivity contribution in [2.24, 2.45) is 0 Å². The van der Waals surface area contributed by atoms with E-state index in [1.165, 1.54) is 17.0 Å². The Morgan fingerprint density at radius 2 is 2.12 bits per heavy atom. The van der Waals surface area contributed by atoms with Gasteiger partial charge in [-0.1, -0.05) is 30.3 Å². The van der Waals surface area contributed by atoms with Gasteiger partial charge in [0.25, 0.3) is 0 Å². The maximum Gasteiger partial charge on any atom is 0.341 e. The Bertz CT molecular complexity index is 508. The SMILES string of the molecule is O=C(Cn1ccnc1[NH+]([O-])O)c1ccccc1. The van der Waals surface area contributed by atoms with Crippen molar-refractivity contribution in [1.82, 2.24) is 9.55 Å². The van der Waals surface area contributed by atoms with Crippen LogP contribution in [0.4, 0.5) is 5.95 Å². The Morgan fingerprint density at radius 3 is 2.76 bits per heavy atom. The van der Waals surface area contributed by atoms with Crippen LogP contribution in [0.15, 0.2) is 42.7 Å². The summed E-state index contributed by atoms with van der Waals surface area (Å²) in [5.41, 5.74) is 0.553. The van der Waals surface area contributed by atoms with Crippen molar-refractivity contribution < 1.29 is 15.2 Å². The second kappa shape index (κ2) is 4.88. The monoisotopic (exact) mass is 233 g/mol. The van der Waals surface area contributed by atoms with Crippen molar-refractivity contribution >= 4 is 11.7 Å². The van der Waals surface area contributed by atoms with Gasteiger partial charge in [-0.2, -0.15) is 10.2 Å². The minimum absolute atomic E-state index is 0.0222. The molecule has 0 fully saturated rings. The Kier molecular flexibility index (Phi) is 3.29. The molecule has 2 aromatic rings. The van der Waals surface area contributed by atoms with E-state index in [4.69, 9.17) is 5.21 Å². The first-order valence-corrected chi connectivity index (χ1v) is 5.01. The van der Waals surface area contributed by atoms with E-state index in [2.05, 4.69) is 4.98 Å². The molecule has 0 aliphatic rings.